The number of hydrogen-bond donors (Lipinski definition) is 1. The highest BCUT2D eigenvalue weighted by Crippen LogP contribution is 2.18. The summed E-state index contributed by atoms with van der Waals surface area (Å²) in [6.07, 6.45) is 6.98. The Kier molecular flexibility index (Phi) is 10.2. The van der Waals surface area contributed by atoms with Gasteiger partial charge in [-0.05, 0) is 24.8 Å². The van der Waals surface area contributed by atoms with Gasteiger partial charge in [-0.1, -0.05) is 44.2 Å². The van der Waals surface area contributed by atoms with Crippen LogP contribution in [-0.2, 0) is 33.1 Å². The van der Waals surface area contributed by atoms with E-state index in [2.05, 4.69) is 89.2 Å². The molecule has 1 aromatic carbocycles. The predicted molar refractivity (Wildman–Crippen MR) is 141 cm³/mol. The molecule has 2 heterocycles. The molecule has 7 nitrogen and oxygen atoms in total. The quantitative estimate of drug-likeness (QED) is 0.247. The summed E-state index contributed by atoms with van der Waals surface area (Å²) in [5.74, 6) is 2.24. The first-order valence-corrected chi connectivity index (χ1v) is 11.0. The molecule has 0 saturated heterocycles. The molecule has 3 rings (SSSR count). The largest absolute Gasteiger partial charge is 0.357 e. The van der Waals surface area contributed by atoms with Gasteiger partial charge in [0.15, 0.2) is 5.96 Å². The number of halogens is 1. The third-order valence-corrected chi connectivity index (χ3v) is 5.24. The Hall–Kier alpha value is -2.36. The Labute approximate surface area is 209 Å². The maximum absolute atomic E-state index is 4.87. The van der Waals surface area contributed by atoms with Crippen LogP contribution in [0.4, 0.5) is 0 Å². The van der Waals surface area contributed by atoms with Crippen LogP contribution in [0.5, 0.6) is 0 Å². The molecule has 0 aliphatic heterocycles. The van der Waals surface area contributed by atoms with Crippen molar-refractivity contribution in [2.24, 2.45) is 12.0 Å². The highest BCUT2D eigenvalue weighted by molar-refractivity contribution is 14.0. The van der Waals surface area contributed by atoms with Crippen molar-refractivity contribution in [3.8, 4) is 0 Å². The predicted octanol–water partition coefficient (Wildman–Crippen LogP) is 4.20. The second kappa shape index (κ2) is 12.6. The monoisotopic (exact) mass is 549 g/mol. The van der Waals surface area contributed by atoms with E-state index in [9.17, 15) is 0 Å². The maximum Gasteiger partial charge on any atom is 0.194 e. The van der Waals surface area contributed by atoms with E-state index in [1.165, 1.54) is 11.1 Å². The molecule has 0 radical (unpaired) electrons. The molecule has 0 aliphatic carbocycles. The number of aryl methyl sites for hydroxylation is 3. The van der Waals surface area contributed by atoms with Crippen molar-refractivity contribution in [2.75, 3.05) is 13.6 Å². The number of hydrogen-bond acceptors (Lipinski definition) is 3. The Morgan fingerprint density at radius 3 is 2.66 bits per heavy atom. The number of rotatable bonds is 9. The lowest BCUT2D eigenvalue weighted by Crippen LogP contribution is -2.38. The van der Waals surface area contributed by atoms with Gasteiger partial charge in [0.2, 0.25) is 0 Å². The van der Waals surface area contributed by atoms with Gasteiger partial charge in [-0.2, -0.15) is 5.10 Å². The third-order valence-electron chi connectivity index (χ3n) is 5.24. The molecule has 0 fully saturated rings. The number of nitrogens with zero attached hydrogens (tertiary/aromatic N) is 6. The lowest BCUT2D eigenvalue weighted by Gasteiger charge is -2.22. The van der Waals surface area contributed by atoms with Gasteiger partial charge in [-0.3, -0.25) is 4.68 Å². The zero-order valence-electron chi connectivity index (χ0n) is 19.8. The van der Waals surface area contributed by atoms with Crippen molar-refractivity contribution < 1.29 is 0 Å². The van der Waals surface area contributed by atoms with Crippen LogP contribution in [0.25, 0.3) is 0 Å². The van der Waals surface area contributed by atoms with Crippen LogP contribution >= 0.6 is 24.0 Å². The molecule has 0 aliphatic rings. The summed E-state index contributed by atoms with van der Waals surface area (Å²) in [5.41, 5.74) is 3.70. The molecule has 0 spiro atoms. The number of guanidine groups is 1. The Morgan fingerprint density at radius 1 is 1.22 bits per heavy atom. The van der Waals surface area contributed by atoms with Crippen LogP contribution in [0.2, 0.25) is 0 Å². The van der Waals surface area contributed by atoms with Crippen molar-refractivity contribution in [1.29, 1.82) is 0 Å². The van der Waals surface area contributed by atoms with Crippen LogP contribution in [0.3, 0.4) is 0 Å². The Morgan fingerprint density at radius 2 is 1.97 bits per heavy atom. The molecule has 2 aromatic heterocycles. The molecular weight excluding hydrogens is 513 g/mol. The van der Waals surface area contributed by atoms with E-state index in [1.807, 2.05) is 24.1 Å². The molecule has 8 heteroatoms. The Bertz CT molecular complexity index is 975. The van der Waals surface area contributed by atoms with Crippen molar-refractivity contribution in [3.05, 3.63) is 71.6 Å². The average molecular weight is 550 g/mol. The fraction of sp³-hybridized carbons (Fsp3) is 0.458. The number of aliphatic imine (C=N–C) groups is 1. The van der Waals surface area contributed by atoms with Gasteiger partial charge in [-0.15, -0.1) is 24.0 Å². The van der Waals surface area contributed by atoms with Crippen molar-refractivity contribution >= 4 is 29.9 Å². The van der Waals surface area contributed by atoms with E-state index < -0.39 is 0 Å². The van der Waals surface area contributed by atoms with E-state index >= 15 is 0 Å². The molecule has 0 atom stereocenters. The molecule has 174 valence electrons. The number of aromatic nitrogens is 4. The molecule has 1 N–H and O–H groups in total. The summed E-state index contributed by atoms with van der Waals surface area (Å²) in [7, 11) is 4.05. The van der Waals surface area contributed by atoms with Gasteiger partial charge in [0.05, 0.1) is 5.69 Å². The normalized spacial score (nSPS) is 11.5. The van der Waals surface area contributed by atoms with Crippen LogP contribution in [-0.4, -0.2) is 43.8 Å². The summed E-state index contributed by atoms with van der Waals surface area (Å²) < 4.78 is 4.09. The lowest BCUT2D eigenvalue weighted by atomic mass is 10.1. The molecule has 0 saturated carbocycles. The van der Waals surface area contributed by atoms with Gasteiger partial charge < -0.3 is 14.8 Å². The lowest BCUT2D eigenvalue weighted by molar-refractivity contribution is 0.472. The van der Waals surface area contributed by atoms with Gasteiger partial charge >= 0.3 is 0 Å². The number of imidazole rings is 1. The van der Waals surface area contributed by atoms with Gasteiger partial charge in [0, 0.05) is 57.9 Å². The molecule has 32 heavy (non-hydrogen) atoms. The first-order valence-electron chi connectivity index (χ1n) is 11.0. The molecule has 0 amide bonds. The highest BCUT2D eigenvalue weighted by Gasteiger charge is 2.15. The zero-order valence-corrected chi connectivity index (χ0v) is 22.2. The average Bonchev–Trinajstić information content (AvgIpc) is 3.36. The number of nitrogens with one attached hydrogen (secondary N) is 1. The van der Waals surface area contributed by atoms with E-state index in [4.69, 9.17) is 4.99 Å². The summed E-state index contributed by atoms with van der Waals surface area (Å²) >= 11 is 0. The van der Waals surface area contributed by atoms with E-state index in [0.29, 0.717) is 12.5 Å². The standard InChI is InChI=1S/C24H35N7.HI/c1-6-25-24(29(4)17-21-18-30(5)28-23(21)19(2)3)27-16-22-26-13-15-31(22)14-12-20-10-8-7-9-11-20;/h7-11,13,15,18-19H,6,12,14,16-17H2,1-5H3,(H,25,27);1H. The van der Waals surface area contributed by atoms with Crippen LogP contribution in [0.15, 0.2) is 53.9 Å². The van der Waals surface area contributed by atoms with Crippen molar-refractivity contribution in [1.82, 2.24) is 29.5 Å². The van der Waals surface area contributed by atoms with E-state index in [1.54, 1.807) is 0 Å². The van der Waals surface area contributed by atoms with Crippen LogP contribution in [0.1, 0.15) is 49.3 Å². The molecule has 3 aromatic rings. The summed E-state index contributed by atoms with van der Waals surface area (Å²) in [6, 6.07) is 10.5. The topological polar surface area (TPSA) is 63.3 Å². The minimum atomic E-state index is 0. The second-order valence-corrected chi connectivity index (χ2v) is 8.17. The molecule has 0 bridgehead atoms. The first-order chi connectivity index (χ1) is 15.0. The SMILES string of the molecule is CCNC(=NCc1nccn1CCc1ccccc1)N(C)Cc1cn(C)nc1C(C)C.I. The molecular formula is C24H36IN7. The fourth-order valence-electron chi connectivity index (χ4n) is 3.70. The minimum absolute atomic E-state index is 0. The van der Waals surface area contributed by atoms with Crippen LogP contribution < -0.4 is 5.32 Å². The molecule has 0 unspecified atom stereocenters. The van der Waals surface area contributed by atoms with Crippen molar-refractivity contribution in [2.45, 2.75) is 52.7 Å². The summed E-state index contributed by atoms with van der Waals surface area (Å²) in [5, 5.41) is 8.04. The number of benzene rings is 1. The van der Waals surface area contributed by atoms with E-state index in [-0.39, 0.29) is 24.0 Å². The maximum atomic E-state index is 4.87. The van der Waals surface area contributed by atoms with Crippen LogP contribution in [0, 0.1) is 0 Å². The summed E-state index contributed by atoms with van der Waals surface area (Å²) in [6.45, 7) is 9.47. The second-order valence-electron chi connectivity index (χ2n) is 8.17. The van der Waals surface area contributed by atoms with Crippen molar-refractivity contribution in [3.63, 3.8) is 0 Å². The Balaban J connectivity index is 0.00000363. The minimum Gasteiger partial charge on any atom is -0.357 e. The van der Waals surface area contributed by atoms with Gasteiger partial charge in [0.1, 0.15) is 12.4 Å². The smallest absolute Gasteiger partial charge is 0.194 e. The van der Waals surface area contributed by atoms with E-state index in [0.717, 1.165) is 43.5 Å². The highest BCUT2D eigenvalue weighted by atomic mass is 127. The van der Waals surface area contributed by atoms with Gasteiger partial charge in [0.25, 0.3) is 0 Å². The zero-order chi connectivity index (χ0) is 22.2. The fourth-order valence-corrected chi connectivity index (χ4v) is 3.70. The summed E-state index contributed by atoms with van der Waals surface area (Å²) in [4.78, 5) is 11.6. The third kappa shape index (κ3) is 7.08. The first kappa shape index (κ1) is 25.9. The van der Waals surface area contributed by atoms with Gasteiger partial charge in [-0.25, -0.2) is 9.98 Å².